The largest absolute Gasteiger partial charge is 0.501 e. The number of hydrogen-bond donors (Lipinski definition) is 1. The van der Waals surface area contributed by atoms with Gasteiger partial charge in [0, 0.05) is 0 Å². The highest BCUT2D eigenvalue weighted by atomic mass is 16.5. The third-order valence-corrected chi connectivity index (χ3v) is 3.38. The maximum atomic E-state index is 10.5. The van der Waals surface area contributed by atoms with E-state index in [9.17, 15) is 5.11 Å². The van der Waals surface area contributed by atoms with Crippen LogP contribution < -0.4 is 0 Å². The van der Waals surface area contributed by atoms with E-state index in [0.717, 1.165) is 30.6 Å². The quantitative estimate of drug-likeness (QED) is 0.862. The average Bonchev–Trinajstić information content (AvgIpc) is 2.38. The van der Waals surface area contributed by atoms with Gasteiger partial charge in [0.15, 0.2) is 0 Å². The van der Waals surface area contributed by atoms with Gasteiger partial charge >= 0.3 is 0 Å². The molecule has 0 spiro atoms. The minimum atomic E-state index is -0.541. The Morgan fingerprint density at radius 2 is 1.94 bits per heavy atom. The van der Waals surface area contributed by atoms with E-state index in [-0.39, 0.29) is 5.41 Å². The molecule has 98 valence electrons. The summed E-state index contributed by atoms with van der Waals surface area (Å²) in [6.07, 6.45) is 3.09. The Balaban J connectivity index is 2.35. The van der Waals surface area contributed by atoms with E-state index in [1.807, 2.05) is 18.2 Å². The van der Waals surface area contributed by atoms with Gasteiger partial charge in [-0.2, -0.15) is 0 Å². The van der Waals surface area contributed by atoms with E-state index in [1.54, 1.807) is 6.26 Å². The normalized spacial score (nSPS) is 17.9. The molecule has 1 atom stereocenters. The van der Waals surface area contributed by atoms with E-state index in [0.29, 0.717) is 0 Å². The molecule has 0 aromatic heterocycles. The van der Waals surface area contributed by atoms with Crippen molar-refractivity contribution in [3.05, 3.63) is 47.2 Å². The SMILES string of the molecule is CC(C)(C)c1ccccc1C(O)C1=COCCC1. The van der Waals surface area contributed by atoms with Gasteiger partial charge in [0.25, 0.3) is 0 Å². The van der Waals surface area contributed by atoms with Crippen molar-refractivity contribution in [2.45, 2.75) is 45.1 Å². The van der Waals surface area contributed by atoms with Gasteiger partial charge in [0.1, 0.15) is 6.10 Å². The number of aliphatic hydroxyl groups excluding tert-OH is 1. The molecule has 2 heteroatoms. The number of ether oxygens (including phenoxy) is 1. The second kappa shape index (κ2) is 5.15. The summed E-state index contributed by atoms with van der Waals surface area (Å²) in [5.74, 6) is 0. The standard InChI is InChI=1S/C16H22O2/c1-16(2,3)14-9-5-4-8-13(14)15(17)12-7-6-10-18-11-12/h4-5,8-9,11,15,17H,6-7,10H2,1-3H3. The molecular weight excluding hydrogens is 224 g/mol. The van der Waals surface area contributed by atoms with Crippen molar-refractivity contribution in [1.29, 1.82) is 0 Å². The first-order valence-corrected chi connectivity index (χ1v) is 6.58. The van der Waals surface area contributed by atoms with Crippen molar-refractivity contribution in [2.24, 2.45) is 0 Å². The zero-order chi connectivity index (χ0) is 13.2. The highest BCUT2D eigenvalue weighted by molar-refractivity contribution is 5.38. The fourth-order valence-corrected chi connectivity index (χ4v) is 2.40. The van der Waals surface area contributed by atoms with Crippen LogP contribution in [0, 0.1) is 0 Å². The van der Waals surface area contributed by atoms with Gasteiger partial charge < -0.3 is 9.84 Å². The van der Waals surface area contributed by atoms with Crippen LogP contribution in [0.4, 0.5) is 0 Å². The van der Waals surface area contributed by atoms with Crippen molar-refractivity contribution < 1.29 is 9.84 Å². The van der Waals surface area contributed by atoms with E-state index in [1.165, 1.54) is 5.56 Å². The molecule has 1 aliphatic rings. The third-order valence-electron chi connectivity index (χ3n) is 3.38. The summed E-state index contributed by atoms with van der Waals surface area (Å²) in [5, 5.41) is 10.5. The molecule has 1 heterocycles. The maximum Gasteiger partial charge on any atom is 0.104 e. The number of rotatable bonds is 2. The highest BCUT2D eigenvalue weighted by Crippen LogP contribution is 2.34. The van der Waals surface area contributed by atoms with E-state index in [2.05, 4.69) is 26.8 Å². The summed E-state index contributed by atoms with van der Waals surface area (Å²) in [6, 6.07) is 8.13. The van der Waals surface area contributed by atoms with Crippen LogP contribution in [0.25, 0.3) is 0 Å². The maximum absolute atomic E-state index is 10.5. The summed E-state index contributed by atoms with van der Waals surface area (Å²) >= 11 is 0. The predicted molar refractivity (Wildman–Crippen MR) is 73.4 cm³/mol. The lowest BCUT2D eigenvalue weighted by molar-refractivity contribution is 0.169. The van der Waals surface area contributed by atoms with Gasteiger partial charge in [-0.1, -0.05) is 45.0 Å². The van der Waals surface area contributed by atoms with Crippen LogP contribution in [0.3, 0.4) is 0 Å². The lowest BCUT2D eigenvalue weighted by atomic mass is 9.81. The second-order valence-electron chi connectivity index (χ2n) is 5.91. The second-order valence-corrected chi connectivity index (χ2v) is 5.91. The molecular formula is C16H22O2. The lowest BCUT2D eigenvalue weighted by Crippen LogP contribution is -2.17. The third kappa shape index (κ3) is 2.75. The van der Waals surface area contributed by atoms with Gasteiger partial charge in [-0.05, 0) is 35.0 Å². The van der Waals surface area contributed by atoms with Crippen LogP contribution in [-0.4, -0.2) is 11.7 Å². The molecule has 0 saturated carbocycles. The molecule has 2 nitrogen and oxygen atoms in total. The molecule has 0 fully saturated rings. The Morgan fingerprint density at radius 1 is 1.22 bits per heavy atom. The van der Waals surface area contributed by atoms with E-state index in [4.69, 9.17) is 4.74 Å². The zero-order valence-corrected chi connectivity index (χ0v) is 11.4. The van der Waals surface area contributed by atoms with Gasteiger partial charge in [0.05, 0.1) is 12.9 Å². The average molecular weight is 246 g/mol. The van der Waals surface area contributed by atoms with Crippen LogP contribution in [0.15, 0.2) is 36.1 Å². The molecule has 0 saturated heterocycles. The molecule has 1 aliphatic heterocycles. The van der Waals surface area contributed by atoms with Crippen LogP contribution in [0.2, 0.25) is 0 Å². The first-order valence-electron chi connectivity index (χ1n) is 6.58. The topological polar surface area (TPSA) is 29.5 Å². The van der Waals surface area contributed by atoms with Crippen molar-refractivity contribution in [3.8, 4) is 0 Å². The summed E-state index contributed by atoms with van der Waals surface area (Å²) in [7, 11) is 0. The van der Waals surface area contributed by atoms with Crippen LogP contribution in [0.1, 0.15) is 50.8 Å². The van der Waals surface area contributed by atoms with Crippen molar-refractivity contribution in [3.63, 3.8) is 0 Å². The fraction of sp³-hybridized carbons (Fsp3) is 0.500. The zero-order valence-electron chi connectivity index (χ0n) is 11.4. The van der Waals surface area contributed by atoms with Crippen LogP contribution in [-0.2, 0) is 10.2 Å². The Hall–Kier alpha value is -1.28. The molecule has 1 unspecified atom stereocenters. The van der Waals surface area contributed by atoms with Gasteiger partial charge in [-0.15, -0.1) is 0 Å². The molecule has 0 aliphatic carbocycles. The Bertz CT molecular complexity index is 441. The molecule has 18 heavy (non-hydrogen) atoms. The summed E-state index contributed by atoms with van der Waals surface area (Å²) < 4.78 is 5.33. The molecule has 1 aromatic rings. The first-order chi connectivity index (χ1) is 8.50. The van der Waals surface area contributed by atoms with Crippen LogP contribution in [0.5, 0.6) is 0 Å². The van der Waals surface area contributed by atoms with Crippen molar-refractivity contribution in [1.82, 2.24) is 0 Å². The minimum absolute atomic E-state index is 0.0354. The first kappa shape index (κ1) is 13.2. The van der Waals surface area contributed by atoms with Crippen molar-refractivity contribution >= 4 is 0 Å². The number of hydrogen-bond acceptors (Lipinski definition) is 2. The van der Waals surface area contributed by atoms with Crippen molar-refractivity contribution in [2.75, 3.05) is 6.61 Å². The summed E-state index contributed by atoms with van der Waals surface area (Å²) in [4.78, 5) is 0. The Labute approximate surface area is 109 Å². The molecule has 0 radical (unpaired) electrons. The Morgan fingerprint density at radius 3 is 2.56 bits per heavy atom. The molecule has 0 amide bonds. The summed E-state index contributed by atoms with van der Waals surface area (Å²) in [6.45, 7) is 7.27. The van der Waals surface area contributed by atoms with Gasteiger partial charge in [0.2, 0.25) is 0 Å². The van der Waals surface area contributed by atoms with E-state index >= 15 is 0 Å². The molecule has 0 bridgehead atoms. The van der Waals surface area contributed by atoms with Crippen LogP contribution >= 0.6 is 0 Å². The Kier molecular flexibility index (Phi) is 3.76. The molecule has 2 rings (SSSR count). The minimum Gasteiger partial charge on any atom is -0.501 e. The lowest BCUT2D eigenvalue weighted by Gasteiger charge is -2.27. The smallest absolute Gasteiger partial charge is 0.104 e. The number of benzene rings is 1. The summed E-state index contributed by atoms with van der Waals surface area (Å²) in [5.41, 5.74) is 3.22. The highest BCUT2D eigenvalue weighted by Gasteiger charge is 2.24. The monoisotopic (exact) mass is 246 g/mol. The molecule has 1 N–H and O–H groups in total. The number of aliphatic hydroxyl groups is 1. The molecule has 1 aromatic carbocycles. The van der Waals surface area contributed by atoms with Gasteiger partial charge in [-0.3, -0.25) is 0 Å². The predicted octanol–water partition coefficient (Wildman–Crippen LogP) is 3.71. The fourth-order valence-electron chi connectivity index (χ4n) is 2.40. The van der Waals surface area contributed by atoms with Gasteiger partial charge in [-0.25, -0.2) is 0 Å². The van der Waals surface area contributed by atoms with E-state index < -0.39 is 6.10 Å².